The second-order valence-corrected chi connectivity index (χ2v) is 9.49. The van der Waals surface area contributed by atoms with Crippen LogP contribution in [0.2, 0.25) is 0 Å². The summed E-state index contributed by atoms with van der Waals surface area (Å²) in [7, 11) is 0. The zero-order valence-electron chi connectivity index (χ0n) is 19.9. The molecule has 3 aromatic heterocycles. The number of aryl methyl sites for hydroxylation is 3. The monoisotopic (exact) mass is 434 g/mol. The summed E-state index contributed by atoms with van der Waals surface area (Å²) in [6.45, 7) is 11.6. The maximum absolute atomic E-state index is 13.6. The van der Waals surface area contributed by atoms with Gasteiger partial charge < -0.3 is 14.0 Å². The van der Waals surface area contributed by atoms with E-state index in [1.54, 1.807) is 0 Å². The molecule has 1 fully saturated rings. The predicted octanol–water partition coefficient (Wildman–Crippen LogP) is 4.93. The van der Waals surface area contributed by atoms with Crippen LogP contribution in [0, 0.1) is 26.7 Å². The second-order valence-electron chi connectivity index (χ2n) is 9.49. The van der Waals surface area contributed by atoms with Crippen molar-refractivity contribution in [3.05, 3.63) is 58.8 Å². The molecule has 1 unspecified atom stereocenters. The van der Waals surface area contributed by atoms with Crippen molar-refractivity contribution in [1.82, 2.24) is 19.3 Å². The van der Waals surface area contributed by atoms with Gasteiger partial charge in [0.25, 0.3) is 5.91 Å². The fourth-order valence-corrected chi connectivity index (χ4v) is 4.31. The van der Waals surface area contributed by atoms with Crippen molar-refractivity contribution in [3.8, 4) is 5.75 Å². The Hall–Kier alpha value is -2.89. The smallest absolute Gasteiger partial charge is 0.276 e. The van der Waals surface area contributed by atoms with Crippen molar-refractivity contribution in [3.63, 3.8) is 0 Å². The van der Waals surface area contributed by atoms with E-state index >= 15 is 0 Å². The van der Waals surface area contributed by atoms with Crippen LogP contribution in [-0.4, -0.2) is 44.4 Å². The second kappa shape index (κ2) is 9.31. The Kier molecular flexibility index (Phi) is 6.49. The summed E-state index contributed by atoms with van der Waals surface area (Å²) >= 11 is 0. The van der Waals surface area contributed by atoms with Crippen molar-refractivity contribution in [2.75, 3.05) is 13.2 Å². The quantitative estimate of drug-likeness (QED) is 0.552. The summed E-state index contributed by atoms with van der Waals surface area (Å²) in [5, 5.41) is 0. The number of rotatable bonds is 6. The lowest BCUT2D eigenvalue weighted by Gasteiger charge is -2.35. The van der Waals surface area contributed by atoms with Crippen molar-refractivity contribution in [2.45, 2.75) is 66.3 Å². The van der Waals surface area contributed by atoms with E-state index < -0.39 is 0 Å². The lowest BCUT2D eigenvalue weighted by atomic mass is 9.97. The van der Waals surface area contributed by atoms with Gasteiger partial charge in [0.2, 0.25) is 0 Å². The number of imidazole rings is 1. The molecule has 0 aliphatic carbocycles. The summed E-state index contributed by atoms with van der Waals surface area (Å²) in [5.41, 5.74) is 5.72. The summed E-state index contributed by atoms with van der Waals surface area (Å²) in [6, 6.07) is 6.02. The number of carbonyl (C=O) groups is 1. The number of amides is 1. The maximum Gasteiger partial charge on any atom is 0.276 e. The Labute approximate surface area is 190 Å². The number of carbonyl (C=O) groups excluding carboxylic acids is 1. The van der Waals surface area contributed by atoms with E-state index in [4.69, 9.17) is 9.72 Å². The normalized spacial score (nSPS) is 16.7. The molecule has 1 amide bonds. The minimum atomic E-state index is -0.0346. The molecule has 0 aromatic carbocycles. The van der Waals surface area contributed by atoms with E-state index in [1.807, 2.05) is 24.0 Å². The number of piperidine rings is 1. The van der Waals surface area contributed by atoms with Gasteiger partial charge in [-0.25, -0.2) is 9.97 Å². The Morgan fingerprint density at radius 2 is 1.94 bits per heavy atom. The SMILES string of the molecule is Cc1ccc(OCC(C)C)c(C(=O)N2CCCCC2Cc2cn3cc(C)c(C)cc3n2)n1. The topological polar surface area (TPSA) is 59.7 Å². The molecular weight excluding hydrogens is 400 g/mol. The van der Waals surface area contributed by atoms with Crippen LogP contribution in [0.5, 0.6) is 5.75 Å². The van der Waals surface area contributed by atoms with Crippen LogP contribution in [0.1, 0.15) is 66.1 Å². The van der Waals surface area contributed by atoms with Gasteiger partial charge in [0.15, 0.2) is 11.4 Å². The first-order chi connectivity index (χ1) is 15.3. The van der Waals surface area contributed by atoms with Crippen molar-refractivity contribution >= 4 is 11.6 Å². The van der Waals surface area contributed by atoms with Crippen molar-refractivity contribution in [2.24, 2.45) is 5.92 Å². The number of aromatic nitrogens is 3. The molecule has 0 saturated carbocycles. The van der Waals surface area contributed by atoms with E-state index in [1.165, 1.54) is 11.1 Å². The molecule has 170 valence electrons. The zero-order chi connectivity index (χ0) is 22.8. The fraction of sp³-hybridized carbons (Fsp3) is 0.500. The molecule has 1 atom stereocenters. The first kappa shape index (κ1) is 22.3. The minimum absolute atomic E-state index is 0.0346. The number of likely N-dealkylation sites (tertiary alicyclic amines) is 1. The highest BCUT2D eigenvalue weighted by molar-refractivity contribution is 5.95. The van der Waals surface area contributed by atoms with Gasteiger partial charge >= 0.3 is 0 Å². The van der Waals surface area contributed by atoms with Crippen molar-refractivity contribution in [1.29, 1.82) is 0 Å². The van der Waals surface area contributed by atoms with Crippen LogP contribution in [0.15, 0.2) is 30.6 Å². The van der Waals surface area contributed by atoms with Crippen LogP contribution < -0.4 is 4.74 Å². The largest absolute Gasteiger partial charge is 0.491 e. The third-order valence-corrected chi connectivity index (χ3v) is 6.22. The van der Waals surface area contributed by atoms with Gasteiger partial charge in [0.1, 0.15) is 5.65 Å². The number of hydrogen-bond acceptors (Lipinski definition) is 4. The van der Waals surface area contributed by atoms with E-state index in [0.29, 0.717) is 24.0 Å². The first-order valence-corrected chi connectivity index (χ1v) is 11.7. The number of fused-ring (bicyclic) bond motifs is 1. The Balaban J connectivity index is 1.59. The van der Waals surface area contributed by atoms with Crippen LogP contribution in [0.3, 0.4) is 0 Å². The van der Waals surface area contributed by atoms with E-state index in [0.717, 1.165) is 49.3 Å². The molecule has 3 aromatic rings. The Bertz CT molecular complexity index is 1080. The van der Waals surface area contributed by atoms with E-state index in [9.17, 15) is 4.79 Å². The zero-order valence-corrected chi connectivity index (χ0v) is 19.9. The fourth-order valence-electron chi connectivity index (χ4n) is 4.31. The average Bonchev–Trinajstić information content (AvgIpc) is 3.13. The molecular formula is C26H34N4O2. The Morgan fingerprint density at radius 3 is 2.72 bits per heavy atom. The molecule has 0 spiro atoms. The van der Waals surface area contributed by atoms with Crippen LogP contribution in [-0.2, 0) is 6.42 Å². The first-order valence-electron chi connectivity index (χ1n) is 11.7. The summed E-state index contributed by atoms with van der Waals surface area (Å²) in [6.07, 6.45) is 8.09. The molecule has 1 saturated heterocycles. The van der Waals surface area contributed by atoms with Gasteiger partial charge in [0, 0.05) is 37.1 Å². The highest BCUT2D eigenvalue weighted by Crippen LogP contribution is 2.26. The summed E-state index contributed by atoms with van der Waals surface area (Å²) in [4.78, 5) is 25.1. The van der Waals surface area contributed by atoms with Gasteiger partial charge in [-0.15, -0.1) is 0 Å². The highest BCUT2D eigenvalue weighted by atomic mass is 16.5. The molecule has 1 aliphatic rings. The molecule has 4 heterocycles. The number of pyridine rings is 2. The van der Waals surface area contributed by atoms with Gasteiger partial charge in [-0.2, -0.15) is 0 Å². The molecule has 32 heavy (non-hydrogen) atoms. The lowest BCUT2D eigenvalue weighted by Crippen LogP contribution is -2.45. The average molecular weight is 435 g/mol. The number of nitrogens with zero attached hydrogens (tertiary/aromatic N) is 4. The van der Waals surface area contributed by atoms with Crippen molar-refractivity contribution < 1.29 is 9.53 Å². The minimum Gasteiger partial charge on any atom is -0.491 e. The molecule has 4 rings (SSSR count). The number of hydrogen-bond donors (Lipinski definition) is 0. The lowest BCUT2D eigenvalue weighted by molar-refractivity contribution is 0.0600. The molecule has 6 nitrogen and oxygen atoms in total. The highest BCUT2D eigenvalue weighted by Gasteiger charge is 2.31. The third-order valence-electron chi connectivity index (χ3n) is 6.22. The molecule has 1 aliphatic heterocycles. The van der Waals surface area contributed by atoms with Crippen LogP contribution in [0.25, 0.3) is 5.65 Å². The van der Waals surface area contributed by atoms with Gasteiger partial charge in [-0.1, -0.05) is 13.8 Å². The molecule has 0 bridgehead atoms. The van der Waals surface area contributed by atoms with Crippen LogP contribution >= 0.6 is 0 Å². The van der Waals surface area contributed by atoms with E-state index in [2.05, 4.69) is 55.5 Å². The maximum atomic E-state index is 13.6. The van der Waals surface area contributed by atoms with Gasteiger partial charge in [-0.3, -0.25) is 4.79 Å². The standard InChI is InChI=1S/C26H34N4O2/c1-17(2)16-32-23-10-9-20(5)27-25(23)26(31)30-11-7-6-8-22(30)13-21-15-29-14-19(4)18(3)12-24(29)28-21/h9-10,12,14-15,17,22H,6-8,11,13,16H2,1-5H3. The summed E-state index contributed by atoms with van der Waals surface area (Å²) in [5.74, 6) is 0.925. The predicted molar refractivity (Wildman–Crippen MR) is 126 cm³/mol. The van der Waals surface area contributed by atoms with Crippen LogP contribution in [0.4, 0.5) is 0 Å². The van der Waals surface area contributed by atoms with Gasteiger partial charge in [-0.05, 0) is 75.3 Å². The molecule has 6 heteroatoms. The number of ether oxygens (including phenoxy) is 1. The Morgan fingerprint density at radius 1 is 1.12 bits per heavy atom. The molecule has 0 radical (unpaired) electrons. The third kappa shape index (κ3) is 4.79. The molecule has 0 N–H and O–H groups in total. The van der Waals surface area contributed by atoms with Gasteiger partial charge in [0.05, 0.1) is 12.3 Å². The van der Waals surface area contributed by atoms with E-state index in [-0.39, 0.29) is 11.9 Å². The summed E-state index contributed by atoms with van der Waals surface area (Å²) < 4.78 is 8.05.